The first-order valence-electron chi connectivity index (χ1n) is 8.87. The zero-order valence-corrected chi connectivity index (χ0v) is 15.3. The molecule has 4 rings (SSSR count). The van der Waals surface area contributed by atoms with Gasteiger partial charge < -0.3 is 9.80 Å². The van der Waals surface area contributed by atoms with Gasteiger partial charge in [-0.05, 0) is 38.2 Å². The molecule has 1 aliphatic heterocycles. The van der Waals surface area contributed by atoms with Gasteiger partial charge in [-0.15, -0.1) is 0 Å². The Balaban J connectivity index is 1.63. The summed E-state index contributed by atoms with van der Waals surface area (Å²) in [5, 5.41) is 3.06. The Morgan fingerprint density at radius 1 is 1.11 bits per heavy atom. The van der Waals surface area contributed by atoms with Crippen LogP contribution in [0.1, 0.15) is 5.69 Å². The van der Waals surface area contributed by atoms with Crippen molar-refractivity contribution >= 4 is 5.95 Å². The molecule has 0 saturated carbocycles. The van der Waals surface area contributed by atoms with E-state index in [1.54, 1.807) is 18.3 Å². The molecule has 0 spiro atoms. The van der Waals surface area contributed by atoms with E-state index in [1.165, 1.54) is 22.9 Å². The van der Waals surface area contributed by atoms with E-state index in [-0.39, 0.29) is 11.4 Å². The van der Waals surface area contributed by atoms with E-state index in [0.29, 0.717) is 17.3 Å². The van der Waals surface area contributed by atoms with Gasteiger partial charge >= 0.3 is 0 Å². The van der Waals surface area contributed by atoms with Crippen LogP contribution in [0.3, 0.4) is 0 Å². The predicted molar refractivity (Wildman–Crippen MR) is 102 cm³/mol. The van der Waals surface area contributed by atoms with Crippen molar-refractivity contribution in [1.29, 1.82) is 0 Å². The van der Waals surface area contributed by atoms with Crippen LogP contribution >= 0.6 is 0 Å². The van der Waals surface area contributed by atoms with Gasteiger partial charge in [0, 0.05) is 44.0 Å². The number of anilines is 1. The molecule has 140 valence electrons. The highest BCUT2D eigenvalue weighted by Crippen LogP contribution is 2.21. The number of piperazine rings is 1. The van der Waals surface area contributed by atoms with Crippen molar-refractivity contribution in [3.8, 4) is 16.9 Å². The molecule has 0 bridgehead atoms. The van der Waals surface area contributed by atoms with Crippen LogP contribution < -0.4 is 10.5 Å². The van der Waals surface area contributed by atoms with E-state index in [1.807, 2.05) is 6.92 Å². The third kappa shape index (κ3) is 3.48. The molecule has 3 heterocycles. The van der Waals surface area contributed by atoms with Crippen LogP contribution in [0.4, 0.5) is 10.3 Å². The lowest BCUT2D eigenvalue weighted by Gasteiger charge is -2.32. The molecule has 8 heteroatoms. The van der Waals surface area contributed by atoms with Gasteiger partial charge in [0.15, 0.2) is 0 Å². The van der Waals surface area contributed by atoms with Gasteiger partial charge in [-0.25, -0.2) is 19.0 Å². The number of aromatic amines is 1. The number of hydrogen-bond donors (Lipinski definition) is 1. The van der Waals surface area contributed by atoms with Gasteiger partial charge in [0.05, 0.1) is 17.1 Å². The predicted octanol–water partition coefficient (Wildman–Crippen LogP) is 1.82. The molecule has 0 atom stereocenters. The second-order valence-corrected chi connectivity index (χ2v) is 6.78. The molecule has 3 aromatic rings. The Morgan fingerprint density at radius 3 is 2.48 bits per heavy atom. The highest BCUT2D eigenvalue weighted by molar-refractivity contribution is 5.61. The van der Waals surface area contributed by atoms with Crippen LogP contribution in [-0.2, 0) is 0 Å². The lowest BCUT2D eigenvalue weighted by molar-refractivity contribution is 0.311. The third-order valence-electron chi connectivity index (χ3n) is 4.85. The van der Waals surface area contributed by atoms with Crippen LogP contribution in [0.2, 0.25) is 0 Å². The van der Waals surface area contributed by atoms with Crippen LogP contribution in [0, 0.1) is 12.7 Å². The number of benzene rings is 1. The SMILES string of the molecule is Cc1nc(N2CCN(C)CC2)ncc1-c1cc(=O)n(-c2ccc(F)cc2)[nH]1. The van der Waals surface area contributed by atoms with E-state index in [0.717, 1.165) is 37.4 Å². The molecule has 1 saturated heterocycles. The van der Waals surface area contributed by atoms with Gasteiger partial charge in [0.25, 0.3) is 5.56 Å². The fourth-order valence-electron chi connectivity index (χ4n) is 3.19. The molecule has 0 amide bonds. The molecule has 0 radical (unpaired) electrons. The molecule has 27 heavy (non-hydrogen) atoms. The van der Waals surface area contributed by atoms with Gasteiger partial charge in [0.1, 0.15) is 5.82 Å². The maximum atomic E-state index is 13.1. The fourth-order valence-corrected chi connectivity index (χ4v) is 3.19. The zero-order chi connectivity index (χ0) is 19.0. The molecule has 0 unspecified atom stereocenters. The number of hydrogen-bond acceptors (Lipinski definition) is 5. The van der Waals surface area contributed by atoms with Crippen LogP contribution in [0.15, 0.2) is 41.3 Å². The summed E-state index contributed by atoms with van der Waals surface area (Å²) in [6.45, 7) is 5.67. The van der Waals surface area contributed by atoms with Gasteiger partial charge in [-0.3, -0.25) is 9.89 Å². The van der Waals surface area contributed by atoms with Crippen molar-refractivity contribution in [3.63, 3.8) is 0 Å². The Morgan fingerprint density at radius 2 is 1.81 bits per heavy atom. The number of H-pyrrole nitrogens is 1. The second-order valence-electron chi connectivity index (χ2n) is 6.78. The fraction of sp³-hybridized carbons (Fsp3) is 0.316. The van der Waals surface area contributed by atoms with E-state index in [4.69, 9.17) is 0 Å². The maximum Gasteiger partial charge on any atom is 0.271 e. The van der Waals surface area contributed by atoms with Crippen LogP contribution in [0.5, 0.6) is 0 Å². The number of halogens is 1. The summed E-state index contributed by atoms with van der Waals surface area (Å²) in [6.07, 6.45) is 1.75. The van der Waals surface area contributed by atoms with Crippen molar-refractivity contribution < 1.29 is 4.39 Å². The second kappa shape index (κ2) is 6.96. The van der Waals surface area contributed by atoms with E-state index in [2.05, 4.69) is 31.9 Å². The van der Waals surface area contributed by atoms with Gasteiger partial charge in [-0.1, -0.05) is 0 Å². The summed E-state index contributed by atoms with van der Waals surface area (Å²) in [5.41, 5.74) is 2.54. The summed E-state index contributed by atoms with van der Waals surface area (Å²) in [5.74, 6) is 0.368. The molecule has 7 nitrogen and oxygen atoms in total. The molecule has 1 N–H and O–H groups in total. The van der Waals surface area contributed by atoms with Crippen LogP contribution in [0.25, 0.3) is 16.9 Å². The Labute approximate surface area is 156 Å². The minimum atomic E-state index is -0.345. The minimum absolute atomic E-state index is 0.223. The lowest BCUT2D eigenvalue weighted by atomic mass is 10.2. The summed E-state index contributed by atoms with van der Waals surface area (Å²) >= 11 is 0. The smallest absolute Gasteiger partial charge is 0.271 e. The Hall–Kier alpha value is -3.00. The standard InChI is InChI=1S/C19H21FN6O/c1-13-16(12-21-19(22-13)25-9-7-24(2)8-10-25)17-11-18(27)26(23-17)15-5-3-14(20)4-6-15/h3-6,11-12,23H,7-10H2,1-2H3. The van der Waals surface area contributed by atoms with E-state index < -0.39 is 0 Å². The first kappa shape index (κ1) is 17.4. The van der Waals surface area contributed by atoms with Crippen molar-refractivity contribution in [2.75, 3.05) is 38.1 Å². The summed E-state index contributed by atoms with van der Waals surface area (Å²) < 4.78 is 14.5. The summed E-state index contributed by atoms with van der Waals surface area (Å²) in [4.78, 5) is 25.9. The number of rotatable bonds is 3. The number of aryl methyl sites for hydroxylation is 1. The van der Waals surface area contributed by atoms with E-state index in [9.17, 15) is 9.18 Å². The van der Waals surface area contributed by atoms with Crippen molar-refractivity contribution in [1.82, 2.24) is 24.6 Å². The number of nitrogens with zero attached hydrogens (tertiary/aromatic N) is 5. The molecule has 1 aromatic carbocycles. The van der Waals surface area contributed by atoms with Crippen molar-refractivity contribution in [3.05, 3.63) is 58.4 Å². The molecule has 0 aliphatic carbocycles. The number of likely N-dealkylation sites (N-methyl/N-ethyl adjacent to an activating group) is 1. The normalized spacial score (nSPS) is 15.3. The van der Waals surface area contributed by atoms with Gasteiger partial charge in [0.2, 0.25) is 5.95 Å². The average molecular weight is 368 g/mol. The lowest BCUT2D eigenvalue weighted by Crippen LogP contribution is -2.45. The summed E-state index contributed by atoms with van der Waals surface area (Å²) in [6, 6.07) is 7.25. The number of aromatic nitrogens is 4. The Kier molecular flexibility index (Phi) is 4.49. The highest BCUT2D eigenvalue weighted by Gasteiger charge is 2.18. The molecule has 1 fully saturated rings. The van der Waals surface area contributed by atoms with Crippen molar-refractivity contribution in [2.45, 2.75) is 6.92 Å². The summed E-state index contributed by atoms with van der Waals surface area (Å²) in [7, 11) is 2.11. The van der Waals surface area contributed by atoms with Crippen molar-refractivity contribution in [2.24, 2.45) is 0 Å². The third-order valence-corrected chi connectivity index (χ3v) is 4.85. The monoisotopic (exact) mass is 368 g/mol. The zero-order valence-electron chi connectivity index (χ0n) is 15.3. The van der Waals surface area contributed by atoms with E-state index >= 15 is 0 Å². The largest absolute Gasteiger partial charge is 0.338 e. The first-order chi connectivity index (χ1) is 13.0. The highest BCUT2D eigenvalue weighted by atomic mass is 19.1. The topological polar surface area (TPSA) is 70.1 Å². The quantitative estimate of drug-likeness (QED) is 0.764. The average Bonchev–Trinajstić information content (AvgIpc) is 3.04. The van der Waals surface area contributed by atoms with Crippen LogP contribution in [-0.4, -0.2) is 57.9 Å². The minimum Gasteiger partial charge on any atom is -0.338 e. The van der Waals surface area contributed by atoms with Gasteiger partial charge in [-0.2, -0.15) is 0 Å². The maximum absolute atomic E-state index is 13.1. The molecule has 2 aromatic heterocycles. The molecule has 1 aliphatic rings. The Bertz CT molecular complexity index is 1000. The number of nitrogens with one attached hydrogen (secondary N) is 1. The first-order valence-corrected chi connectivity index (χ1v) is 8.87. The molecular formula is C19H21FN6O. The molecular weight excluding hydrogens is 347 g/mol.